The summed E-state index contributed by atoms with van der Waals surface area (Å²) < 4.78 is 18.9. The van der Waals surface area contributed by atoms with Crippen molar-refractivity contribution in [3.63, 3.8) is 0 Å². The first-order valence-corrected chi connectivity index (χ1v) is 11.4. The van der Waals surface area contributed by atoms with E-state index in [1.807, 2.05) is 4.90 Å². The van der Waals surface area contributed by atoms with E-state index >= 15 is 0 Å². The number of piperidine rings is 1. The third kappa shape index (κ3) is 6.17. The van der Waals surface area contributed by atoms with Gasteiger partial charge in [0.25, 0.3) is 11.1 Å². The molecule has 1 N–H and O–H groups in total. The lowest BCUT2D eigenvalue weighted by Crippen LogP contribution is -2.46. The summed E-state index contributed by atoms with van der Waals surface area (Å²) in [7, 11) is 0. The van der Waals surface area contributed by atoms with Crippen molar-refractivity contribution in [3.05, 3.63) is 40.6 Å². The number of hydrogen-bond donors (Lipinski definition) is 1. The Kier molecular flexibility index (Phi) is 8.40. The van der Waals surface area contributed by atoms with Gasteiger partial charge >= 0.3 is 5.97 Å². The van der Waals surface area contributed by atoms with Crippen LogP contribution in [0.5, 0.6) is 0 Å². The summed E-state index contributed by atoms with van der Waals surface area (Å²) in [5, 5.41) is 2.25. The highest BCUT2D eigenvalue weighted by Gasteiger charge is 2.35. The predicted molar refractivity (Wildman–Crippen MR) is 118 cm³/mol. The zero-order valence-corrected chi connectivity index (χ0v) is 18.7. The van der Waals surface area contributed by atoms with Crippen LogP contribution in [0, 0.1) is 11.7 Å². The summed E-state index contributed by atoms with van der Waals surface area (Å²) >= 11 is 0.747. The average molecular weight is 464 g/mol. The number of imide groups is 1. The van der Waals surface area contributed by atoms with Crippen molar-refractivity contribution in [2.45, 2.75) is 19.8 Å². The molecule has 1 atom stereocenters. The van der Waals surface area contributed by atoms with E-state index in [0.29, 0.717) is 19.7 Å². The number of rotatable bonds is 8. The van der Waals surface area contributed by atoms with E-state index in [1.54, 1.807) is 19.1 Å². The standard InChI is InChI=1S/C22H26FN3O5S/c1-2-31-21(29)16-7-5-10-25(13-16)14-19(27)24-9-11-26-20(28)18(32-22(26)30)12-15-6-3-4-8-17(15)23/h3-4,6,8,12,16H,2,5,7,9-11,13-14H2,1H3,(H,24,27)/b18-12-. The van der Waals surface area contributed by atoms with Gasteiger partial charge in [0, 0.05) is 25.2 Å². The quantitative estimate of drug-likeness (QED) is 0.467. The molecule has 172 valence electrons. The van der Waals surface area contributed by atoms with Crippen LogP contribution >= 0.6 is 11.8 Å². The van der Waals surface area contributed by atoms with Gasteiger partial charge in [0.05, 0.1) is 24.0 Å². The van der Waals surface area contributed by atoms with Gasteiger partial charge in [-0.3, -0.25) is 29.0 Å². The number of nitrogens with one attached hydrogen (secondary N) is 1. The van der Waals surface area contributed by atoms with Crippen molar-refractivity contribution >= 4 is 40.9 Å². The molecule has 2 aliphatic rings. The molecule has 1 aromatic carbocycles. The highest BCUT2D eigenvalue weighted by atomic mass is 32.2. The first-order chi connectivity index (χ1) is 15.4. The van der Waals surface area contributed by atoms with E-state index in [2.05, 4.69) is 5.32 Å². The maximum absolute atomic E-state index is 13.8. The van der Waals surface area contributed by atoms with Crippen molar-refractivity contribution < 1.29 is 28.3 Å². The lowest BCUT2D eigenvalue weighted by Gasteiger charge is -2.30. The number of likely N-dealkylation sites (tertiary alicyclic amines) is 1. The molecule has 0 aliphatic carbocycles. The molecule has 3 rings (SSSR count). The third-order valence-corrected chi connectivity index (χ3v) is 6.12. The molecule has 2 heterocycles. The van der Waals surface area contributed by atoms with E-state index in [-0.39, 0.29) is 47.9 Å². The molecular weight excluding hydrogens is 437 g/mol. The number of thioether (sulfide) groups is 1. The van der Waals surface area contributed by atoms with Crippen LogP contribution in [0.1, 0.15) is 25.3 Å². The molecule has 2 fully saturated rings. The molecule has 3 amide bonds. The van der Waals surface area contributed by atoms with Gasteiger partial charge in [0.15, 0.2) is 0 Å². The van der Waals surface area contributed by atoms with Crippen molar-refractivity contribution in [2.24, 2.45) is 5.92 Å². The maximum Gasteiger partial charge on any atom is 0.310 e. The van der Waals surface area contributed by atoms with Gasteiger partial charge in [-0.15, -0.1) is 0 Å². The molecule has 2 saturated heterocycles. The van der Waals surface area contributed by atoms with E-state index in [0.717, 1.165) is 29.5 Å². The Morgan fingerprint density at radius 2 is 2.09 bits per heavy atom. The minimum Gasteiger partial charge on any atom is -0.466 e. The minimum atomic E-state index is -0.509. The van der Waals surface area contributed by atoms with Gasteiger partial charge in [-0.2, -0.15) is 0 Å². The normalized spacial score (nSPS) is 20.6. The third-order valence-electron chi connectivity index (χ3n) is 5.22. The van der Waals surface area contributed by atoms with Crippen LogP contribution in [-0.4, -0.2) is 72.2 Å². The van der Waals surface area contributed by atoms with Crippen LogP contribution in [0.15, 0.2) is 29.2 Å². The molecule has 0 radical (unpaired) electrons. The second-order valence-corrected chi connectivity index (χ2v) is 8.52. The first kappa shape index (κ1) is 23.9. The van der Waals surface area contributed by atoms with Gasteiger partial charge in [-0.05, 0) is 50.2 Å². The van der Waals surface area contributed by atoms with Crippen LogP contribution < -0.4 is 5.32 Å². The van der Waals surface area contributed by atoms with Crippen LogP contribution in [0.3, 0.4) is 0 Å². The number of benzene rings is 1. The number of ether oxygens (including phenoxy) is 1. The van der Waals surface area contributed by atoms with Gasteiger partial charge in [-0.25, -0.2) is 4.39 Å². The SMILES string of the molecule is CCOC(=O)C1CCCN(CC(=O)NCCN2C(=O)S/C(=C\c3ccccc3F)C2=O)C1. The first-order valence-electron chi connectivity index (χ1n) is 10.5. The molecule has 0 spiro atoms. The van der Waals surface area contributed by atoms with Gasteiger partial charge in [-0.1, -0.05) is 18.2 Å². The second-order valence-electron chi connectivity index (χ2n) is 7.53. The summed E-state index contributed by atoms with van der Waals surface area (Å²) in [6, 6.07) is 5.99. The van der Waals surface area contributed by atoms with E-state index in [1.165, 1.54) is 18.2 Å². The van der Waals surface area contributed by atoms with E-state index < -0.39 is 17.0 Å². The Morgan fingerprint density at radius 3 is 2.84 bits per heavy atom. The molecule has 0 bridgehead atoms. The maximum atomic E-state index is 13.8. The fraction of sp³-hybridized carbons (Fsp3) is 0.455. The Hall–Kier alpha value is -2.72. The average Bonchev–Trinajstić information content (AvgIpc) is 3.03. The van der Waals surface area contributed by atoms with E-state index in [4.69, 9.17) is 4.74 Å². The summed E-state index contributed by atoms with van der Waals surface area (Å²) in [6.45, 7) is 3.54. The smallest absolute Gasteiger partial charge is 0.310 e. The van der Waals surface area contributed by atoms with Gasteiger partial charge < -0.3 is 10.1 Å². The summed E-state index contributed by atoms with van der Waals surface area (Å²) in [5.74, 6) is -1.70. The van der Waals surface area contributed by atoms with Gasteiger partial charge in [0.2, 0.25) is 5.91 Å². The Bertz CT molecular complexity index is 923. The van der Waals surface area contributed by atoms with E-state index in [9.17, 15) is 23.6 Å². The molecule has 8 nitrogen and oxygen atoms in total. The lowest BCUT2D eigenvalue weighted by atomic mass is 9.98. The lowest BCUT2D eigenvalue weighted by molar-refractivity contribution is -0.150. The Morgan fingerprint density at radius 1 is 1.31 bits per heavy atom. The summed E-state index contributed by atoms with van der Waals surface area (Å²) in [4.78, 5) is 52.0. The highest BCUT2D eigenvalue weighted by molar-refractivity contribution is 8.18. The molecule has 10 heteroatoms. The second kappa shape index (κ2) is 11.2. The van der Waals surface area contributed by atoms with Gasteiger partial charge in [0.1, 0.15) is 5.82 Å². The minimum absolute atomic E-state index is 0.0243. The van der Waals surface area contributed by atoms with Crippen LogP contribution in [0.4, 0.5) is 9.18 Å². The van der Waals surface area contributed by atoms with Crippen LogP contribution in [0.2, 0.25) is 0 Å². The predicted octanol–water partition coefficient (Wildman–Crippen LogP) is 2.25. The van der Waals surface area contributed by atoms with Crippen molar-refractivity contribution in [1.29, 1.82) is 0 Å². The molecule has 0 aromatic heterocycles. The monoisotopic (exact) mass is 463 g/mol. The fourth-order valence-electron chi connectivity index (χ4n) is 3.64. The number of nitrogens with zero attached hydrogens (tertiary/aromatic N) is 2. The zero-order chi connectivity index (χ0) is 23.1. The molecule has 32 heavy (non-hydrogen) atoms. The van der Waals surface area contributed by atoms with Crippen LogP contribution in [0.25, 0.3) is 6.08 Å². The summed E-state index contributed by atoms with van der Waals surface area (Å²) in [6.07, 6.45) is 2.91. The number of esters is 1. The topological polar surface area (TPSA) is 96.0 Å². The number of carbonyl (C=O) groups is 4. The molecule has 2 aliphatic heterocycles. The number of amides is 3. The highest BCUT2D eigenvalue weighted by Crippen LogP contribution is 2.32. The Balaban J connectivity index is 1.46. The molecule has 0 saturated carbocycles. The number of hydrogen-bond acceptors (Lipinski definition) is 7. The molecule has 1 unspecified atom stereocenters. The van der Waals surface area contributed by atoms with Crippen molar-refractivity contribution in [2.75, 3.05) is 39.3 Å². The molecule has 1 aromatic rings. The number of carbonyl (C=O) groups excluding carboxylic acids is 4. The zero-order valence-electron chi connectivity index (χ0n) is 17.8. The number of halogens is 1. The Labute approximate surface area is 190 Å². The van der Waals surface area contributed by atoms with Crippen LogP contribution in [-0.2, 0) is 19.1 Å². The largest absolute Gasteiger partial charge is 0.466 e. The van der Waals surface area contributed by atoms with Crippen molar-refractivity contribution in [1.82, 2.24) is 15.1 Å². The fourth-order valence-corrected chi connectivity index (χ4v) is 4.50. The molecular formula is C22H26FN3O5S. The van der Waals surface area contributed by atoms with Crippen molar-refractivity contribution in [3.8, 4) is 0 Å². The summed E-state index contributed by atoms with van der Waals surface area (Å²) in [5.41, 5.74) is 0.231.